The number of esters is 1. The molecule has 1 N–H and O–H groups in total. The second kappa shape index (κ2) is 8.77. The summed E-state index contributed by atoms with van der Waals surface area (Å²) in [7, 11) is 1.62. The maximum Gasteiger partial charge on any atom is 0.332 e. The van der Waals surface area contributed by atoms with Gasteiger partial charge in [0, 0.05) is 11.0 Å². The van der Waals surface area contributed by atoms with Crippen molar-refractivity contribution in [3.63, 3.8) is 0 Å². The fourth-order valence-corrected chi connectivity index (χ4v) is 1.80. The molecule has 0 spiro atoms. The van der Waals surface area contributed by atoms with Crippen molar-refractivity contribution in [3.05, 3.63) is 22.7 Å². The minimum Gasteiger partial charge on any atom is -0.495 e. The van der Waals surface area contributed by atoms with Gasteiger partial charge in [-0.15, -0.1) is 0 Å². The summed E-state index contributed by atoms with van der Waals surface area (Å²) in [6.45, 7) is 3.10. The van der Waals surface area contributed by atoms with Crippen LogP contribution in [0.2, 0.25) is 0 Å². The molecule has 0 bridgehead atoms. The maximum atomic E-state index is 11.0. The SMILES string of the molecule is CCOC(=O)COCCNc1cc(Br)ccc1OC. The Morgan fingerprint density at radius 1 is 1.42 bits per heavy atom. The molecule has 5 nitrogen and oxygen atoms in total. The van der Waals surface area contributed by atoms with Gasteiger partial charge in [0.15, 0.2) is 0 Å². The Kier molecular flexibility index (Phi) is 7.28. The first kappa shape index (κ1) is 15.8. The topological polar surface area (TPSA) is 56.8 Å². The molecular weight excluding hydrogens is 314 g/mol. The van der Waals surface area contributed by atoms with Gasteiger partial charge in [0.2, 0.25) is 0 Å². The third-order valence-corrected chi connectivity index (χ3v) is 2.74. The predicted octanol–water partition coefficient (Wildman–Crippen LogP) is 2.45. The van der Waals surface area contributed by atoms with E-state index in [0.29, 0.717) is 19.8 Å². The summed E-state index contributed by atoms with van der Waals surface area (Å²) in [6, 6.07) is 5.69. The molecule has 0 amide bonds. The third-order valence-electron chi connectivity index (χ3n) is 2.25. The largest absolute Gasteiger partial charge is 0.495 e. The van der Waals surface area contributed by atoms with Crippen LogP contribution in [0.3, 0.4) is 0 Å². The molecule has 0 fully saturated rings. The number of rotatable bonds is 8. The fourth-order valence-electron chi connectivity index (χ4n) is 1.43. The van der Waals surface area contributed by atoms with Crippen molar-refractivity contribution in [2.24, 2.45) is 0 Å². The second-order valence-electron chi connectivity index (χ2n) is 3.63. The van der Waals surface area contributed by atoms with Gasteiger partial charge in [-0.05, 0) is 25.1 Å². The van der Waals surface area contributed by atoms with Gasteiger partial charge in [-0.25, -0.2) is 4.79 Å². The lowest BCUT2D eigenvalue weighted by Gasteiger charge is -2.11. The Hall–Kier alpha value is -1.27. The van der Waals surface area contributed by atoms with Crippen LogP contribution in [0.5, 0.6) is 5.75 Å². The molecule has 0 aliphatic rings. The minimum absolute atomic E-state index is 0.0227. The van der Waals surface area contributed by atoms with Gasteiger partial charge in [0.05, 0.1) is 26.0 Å². The molecule has 0 aromatic heterocycles. The van der Waals surface area contributed by atoms with E-state index in [-0.39, 0.29) is 12.6 Å². The van der Waals surface area contributed by atoms with E-state index in [1.165, 1.54) is 0 Å². The maximum absolute atomic E-state index is 11.0. The highest BCUT2D eigenvalue weighted by atomic mass is 79.9. The van der Waals surface area contributed by atoms with Crippen molar-refractivity contribution in [3.8, 4) is 5.75 Å². The van der Waals surface area contributed by atoms with Gasteiger partial charge in [0.1, 0.15) is 12.4 Å². The van der Waals surface area contributed by atoms with Crippen molar-refractivity contribution in [2.45, 2.75) is 6.92 Å². The zero-order valence-corrected chi connectivity index (χ0v) is 12.7. The van der Waals surface area contributed by atoms with E-state index in [2.05, 4.69) is 21.2 Å². The Balaban J connectivity index is 2.29. The number of hydrogen-bond donors (Lipinski definition) is 1. The molecule has 0 atom stereocenters. The van der Waals surface area contributed by atoms with Gasteiger partial charge >= 0.3 is 5.97 Å². The van der Waals surface area contributed by atoms with E-state index < -0.39 is 0 Å². The zero-order chi connectivity index (χ0) is 14.1. The number of carbonyl (C=O) groups is 1. The number of halogens is 1. The lowest BCUT2D eigenvalue weighted by Crippen LogP contribution is -2.16. The fraction of sp³-hybridized carbons (Fsp3) is 0.462. The van der Waals surface area contributed by atoms with Crippen LogP contribution >= 0.6 is 15.9 Å². The van der Waals surface area contributed by atoms with Crippen LogP contribution in [0, 0.1) is 0 Å². The Bertz CT molecular complexity index is 412. The number of benzene rings is 1. The van der Waals surface area contributed by atoms with E-state index in [4.69, 9.17) is 14.2 Å². The Morgan fingerprint density at radius 3 is 2.89 bits per heavy atom. The van der Waals surface area contributed by atoms with Crippen molar-refractivity contribution >= 4 is 27.6 Å². The summed E-state index contributed by atoms with van der Waals surface area (Å²) in [4.78, 5) is 11.0. The molecule has 0 heterocycles. The molecule has 0 aliphatic carbocycles. The molecule has 1 aromatic carbocycles. The van der Waals surface area contributed by atoms with Gasteiger partial charge in [-0.3, -0.25) is 0 Å². The monoisotopic (exact) mass is 331 g/mol. The Morgan fingerprint density at radius 2 is 2.21 bits per heavy atom. The van der Waals surface area contributed by atoms with Crippen molar-refractivity contribution < 1.29 is 19.0 Å². The highest BCUT2D eigenvalue weighted by Gasteiger charge is 2.04. The standard InChI is InChI=1S/C13H18BrNO4/c1-3-19-13(16)9-18-7-6-15-11-8-10(14)4-5-12(11)17-2/h4-5,8,15H,3,6-7,9H2,1-2H3. The van der Waals surface area contributed by atoms with E-state index in [9.17, 15) is 4.79 Å². The van der Waals surface area contributed by atoms with Crippen molar-refractivity contribution in [1.29, 1.82) is 0 Å². The number of nitrogens with one attached hydrogen (secondary N) is 1. The van der Waals surface area contributed by atoms with E-state index >= 15 is 0 Å². The highest BCUT2D eigenvalue weighted by molar-refractivity contribution is 9.10. The lowest BCUT2D eigenvalue weighted by atomic mass is 10.3. The molecule has 0 unspecified atom stereocenters. The number of methoxy groups -OCH3 is 1. The quantitative estimate of drug-likeness (QED) is 0.585. The predicted molar refractivity (Wildman–Crippen MR) is 76.6 cm³/mol. The highest BCUT2D eigenvalue weighted by Crippen LogP contribution is 2.27. The van der Waals surface area contributed by atoms with Gasteiger partial charge < -0.3 is 19.5 Å². The summed E-state index contributed by atoms with van der Waals surface area (Å²) < 4.78 is 16.1. The average Bonchev–Trinajstić information content (AvgIpc) is 2.39. The minimum atomic E-state index is -0.345. The molecular formula is C13H18BrNO4. The number of hydrogen-bond acceptors (Lipinski definition) is 5. The van der Waals surface area contributed by atoms with Crippen LogP contribution in [0.15, 0.2) is 22.7 Å². The smallest absolute Gasteiger partial charge is 0.332 e. The number of carbonyl (C=O) groups excluding carboxylic acids is 1. The summed E-state index contributed by atoms with van der Waals surface area (Å²) >= 11 is 3.40. The molecule has 0 radical (unpaired) electrons. The second-order valence-corrected chi connectivity index (χ2v) is 4.54. The van der Waals surface area contributed by atoms with Crippen LogP contribution in [0.25, 0.3) is 0 Å². The number of ether oxygens (including phenoxy) is 3. The van der Waals surface area contributed by atoms with Crippen molar-refractivity contribution in [2.75, 3.05) is 38.8 Å². The first-order chi connectivity index (χ1) is 9.17. The first-order valence-corrected chi connectivity index (χ1v) is 6.77. The Labute approximate surface area is 121 Å². The summed E-state index contributed by atoms with van der Waals surface area (Å²) in [6.07, 6.45) is 0. The van der Waals surface area contributed by atoms with Crippen LogP contribution in [-0.4, -0.2) is 39.4 Å². The molecule has 0 saturated carbocycles. The zero-order valence-electron chi connectivity index (χ0n) is 11.1. The molecule has 1 aromatic rings. The first-order valence-electron chi connectivity index (χ1n) is 5.98. The molecule has 1 rings (SSSR count). The number of anilines is 1. The van der Waals surface area contributed by atoms with Crippen LogP contribution in [0.4, 0.5) is 5.69 Å². The molecule has 19 heavy (non-hydrogen) atoms. The summed E-state index contributed by atoms with van der Waals surface area (Å²) in [5.41, 5.74) is 0.872. The molecule has 106 valence electrons. The van der Waals surface area contributed by atoms with Crippen LogP contribution in [-0.2, 0) is 14.3 Å². The van der Waals surface area contributed by atoms with Gasteiger partial charge in [-0.1, -0.05) is 15.9 Å². The van der Waals surface area contributed by atoms with Crippen molar-refractivity contribution in [1.82, 2.24) is 0 Å². The van der Waals surface area contributed by atoms with E-state index in [1.54, 1.807) is 14.0 Å². The third kappa shape index (κ3) is 5.94. The molecule has 6 heteroatoms. The van der Waals surface area contributed by atoms with E-state index in [1.807, 2.05) is 18.2 Å². The van der Waals surface area contributed by atoms with Gasteiger partial charge in [-0.2, -0.15) is 0 Å². The average molecular weight is 332 g/mol. The lowest BCUT2D eigenvalue weighted by molar-refractivity contribution is -0.148. The summed E-state index contributed by atoms with van der Waals surface area (Å²) in [5, 5.41) is 3.18. The van der Waals surface area contributed by atoms with Gasteiger partial charge in [0.25, 0.3) is 0 Å². The van der Waals surface area contributed by atoms with Crippen LogP contribution < -0.4 is 10.1 Å². The molecule has 0 saturated heterocycles. The van der Waals surface area contributed by atoms with E-state index in [0.717, 1.165) is 15.9 Å². The normalized spacial score (nSPS) is 10.1. The van der Waals surface area contributed by atoms with Crippen LogP contribution in [0.1, 0.15) is 6.92 Å². The molecule has 0 aliphatic heterocycles. The summed E-state index contributed by atoms with van der Waals surface area (Å²) in [5.74, 6) is 0.413.